The molecule has 19 heavy (non-hydrogen) atoms. The van der Waals surface area contributed by atoms with Gasteiger partial charge < -0.3 is 4.74 Å². The minimum Gasteiger partial charge on any atom is -0.455 e. The molecular weight excluding hydrogens is 322 g/mol. The Morgan fingerprint density at radius 2 is 1.68 bits per heavy atom. The standard InChI is InChI=1S/C8H5ClF6N2OS/c1-19-6-16-3(9)2-4(17-6)18-5(7(10,11)12)8(13,14)15/h2,5H,1H3. The molecule has 0 saturated carbocycles. The van der Waals surface area contributed by atoms with Crippen molar-refractivity contribution in [1.82, 2.24) is 9.97 Å². The van der Waals surface area contributed by atoms with Gasteiger partial charge in [0.2, 0.25) is 5.88 Å². The van der Waals surface area contributed by atoms with Crippen molar-refractivity contribution in [3.8, 4) is 5.88 Å². The van der Waals surface area contributed by atoms with Gasteiger partial charge >= 0.3 is 12.4 Å². The van der Waals surface area contributed by atoms with Crippen molar-refractivity contribution in [2.45, 2.75) is 23.6 Å². The molecule has 0 fully saturated rings. The number of thioether (sulfide) groups is 1. The normalized spacial score (nSPS) is 12.9. The maximum atomic E-state index is 12.3. The van der Waals surface area contributed by atoms with E-state index >= 15 is 0 Å². The van der Waals surface area contributed by atoms with E-state index in [-0.39, 0.29) is 10.3 Å². The van der Waals surface area contributed by atoms with E-state index in [4.69, 9.17) is 11.6 Å². The second-order valence-corrected chi connectivity index (χ2v) is 4.26. The summed E-state index contributed by atoms with van der Waals surface area (Å²) in [5, 5.41) is -0.428. The molecule has 0 saturated heterocycles. The van der Waals surface area contributed by atoms with Crippen LogP contribution >= 0.6 is 23.4 Å². The van der Waals surface area contributed by atoms with Crippen molar-refractivity contribution < 1.29 is 31.1 Å². The van der Waals surface area contributed by atoms with Crippen molar-refractivity contribution in [2.24, 2.45) is 0 Å². The number of halogens is 7. The van der Waals surface area contributed by atoms with E-state index in [1.54, 1.807) is 0 Å². The molecule has 108 valence electrons. The third-order valence-corrected chi connectivity index (χ3v) is 2.41. The highest BCUT2D eigenvalue weighted by molar-refractivity contribution is 7.98. The van der Waals surface area contributed by atoms with Gasteiger partial charge in [-0.1, -0.05) is 23.4 Å². The predicted molar refractivity (Wildman–Crippen MR) is 55.3 cm³/mol. The van der Waals surface area contributed by atoms with Crippen molar-refractivity contribution >= 4 is 23.4 Å². The Bertz CT molecular complexity index is 438. The van der Waals surface area contributed by atoms with Gasteiger partial charge in [-0.25, -0.2) is 4.98 Å². The zero-order chi connectivity index (χ0) is 14.8. The molecule has 0 bridgehead atoms. The maximum Gasteiger partial charge on any atom is 0.434 e. The van der Waals surface area contributed by atoms with E-state index in [1.165, 1.54) is 6.26 Å². The summed E-state index contributed by atoms with van der Waals surface area (Å²) in [4.78, 5) is 6.92. The Morgan fingerprint density at radius 1 is 1.16 bits per heavy atom. The van der Waals surface area contributed by atoms with Crippen LogP contribution in [0.4, 0.5) is 26.3 Å². The number of alkyl halides is 6. The van der Waals surface area contributed by atoms with Crippen LogP contribution in [0.25, 0.3) is 0 Å². The Balaban J connectivity index is 3.07. The molecule has 0 spiro atoms. The first-order valence-corrected chi connectivity index (χ1v) is 6.03. The molecule has 3 nitrogen and oxygen atoms in total. The number of ether oxygens (including phenoxy) is 1. The lowest BCUT2D eigenvalue weighted by Crippen LogP contribution is -2.46. The zero-order valence-electron chi connectivity index (χ0n) is 9.01. The van der Waals surface area contributed by atoms with Crippen molar-refractivity contribution in [3.63, 3.8) is 0 Å². The van der Waals surface area contributed by atoms with Crippen LogP contribution in [0.3, 0.4) is 0 Å². The summed E-state index contributed by atoms with van der Waals surface area (Å²) >= 11 is 6.32. The van der Waals surface area contributed by atoms with Gasteiger partial charge in [0.25, 0.3) is 6.10 Å². The van der Waals surface area contributed by atoms with Crippen LogP contribution in [-0.2, 0) is 0 Å². The SMILES string of the molecule is CSc1nc(Cl)cc(OC(C(F)(F)F)C(F)(F)F)n1. The highest BCUT2D eigenvalue weighted by Crippen LogP contribution is 2.36. The molecule has 0 aliphatic heterocycles. The quantitative estimate of drug-likeness (QED) is 0.367. The highest BCUT2D eigenvalue weighted by atomic mass is 35.5. The van der Waals surface area contributed by atoms with E-state index in [1.807, 2.05) is 0 Å². The van der Waals surface area contributed by atoms with Gasteiger partial charge in [-0.15, -0.1) is 0 Å². The zero-order valence-corrected chi connectivity index (χ0v) is 10.6. The first-order valence-electron chi connectivity index (χ1n) is 4.42. The van der Waals surface area contributed by atoms with Crippen LogP contribution in [0.15, 0.2) is 11.2 Å². The lowest BCUT2D eigenvalue weighted by Gasteiger charge is -2.23. The summed E-state index contributed by atoms with van der Waals surface area (Å²) in [6.07, 6.45) is -13.7. The van der Waals surface area contributed by atoms with E-state index in [0.717, 1.165) is 11.8 Å². The van der Waals surface area contributed by atoms with Crippen LogP contribution < -0.4 is 4.74 Å². The van der Waals surface area contributed by atoms with Gasteiger partial charge in [0, 0.05) is 6.07 Å². The summed E-state index contributed by atoms with van der Waals surface area (Å²) in [5.74, 6) is -0.899. The molecular formula is C8H5ClF6N2OS. The second-order valence-electron chi connectivity index (χ2n) is 3.10. The fraction of sp³-hybridized carbons (Fsp3) is 0.500. The summed E-state index contributed by atoms with van der Waals surface area (Å²) in [5.41, 5.74) is 0. The Morgan fingerprint density at radius 3 is 2.11 bits per heavy atom. The largest absolute Gasteiger partial charge is 0.455 e. The third kappa shape index (κ3) is 4.60. The van der Waals surface area contributed by atoms with Gasteiger partial charge in [0.05, 0.1) is 0 Å². The number of hydrogen-bond donors (Lipinski definition) is 0. The lowest BCUT2D eigenvalue weighted by atomic mass is 10.3. The molecule has 11 heteroatoms. The van der Waals surface area contributed by atoms with Gasteiger partial charge in [-0.05, 0) is 6.26 Å². The monoisotopic (exact) mass is 326 g/mol. The minimum atomic E-state index is -5.62. The van der Waals surface area contributed by atoms with E-state index < -0.39 is 24.3 Å². The van der Waals surface area contributed by atoms with Crippen molar-refractivity contribution in [1.29, 1.82) is 0 Å². The topological polar surface area (TPSA) is 35.0 Å². The van der Waals surface area contributed by atoms with Crippen molar-refractivity contribution in [2.75, 3.05) is 6.26 Å². The summed E-state index contributed by atoms with van der Waals surface area (Å²) in [6.45, 7) is 0. The molecule has 0 amide bonds. The van der Waals surface area contributed by atoms with Crippen LogP contribution in [0.5, 0.6) is 5.88 Å². The molecule has 0 radical (unpaired) electrons. The van der Waals surface area contributed by atoms with E-state index in [9.17, 15) is 26.3 Å². The Hall–Kier alpha value is -0.900. The summed E-state index contributed by atoms with van der Waals surface area (Å²) in [6, 6.07) is 0.672. The van der Waals surface area contributed by atoms with Crippen molar-refractivity contribution in [3.05, 3.63) is 11.2 Å². The molecule has 1 aromatic rings. The highest BCUT2D eigenvalue weighted by Gasteiger charge is 2.59. The summed E-state index contributed by atoms with van der Waals surface area (Å²) < 4.78 is 77.4. The number of nitrogens with zero attached hydrogens (tertiary/aromatic N) is 2. The Labute approximate surface area is 112 Å². The molecule has 0 aliphatic carbocycles. The molecule has 0 unspecified atom stereocenters. The summed E-state index contributed by atoms with van der Waals surface area (Å²) in [7, 11) is 0. The van der Waals surface area contributed by atoms with Gasteiger partial charge in [0.1, 0.15) is 5.15 Å². The van der Waals surface area contributed by atoms with Crippen LogP contribution in [0.1, 0.15) is 0 Å². The van der Waals surface area contributed by atoms with Gasteiger partial charge in [-0.3, -0.25) is 0 Å². The molecule has 0 atom stereocenters. The molecule has 1 aromatic heterocycles. The maximum absolute atomic E-state index is 12.3. The number of rotatable bonds is 3. The minimum absolute atomic E-state index is 0.106. The van der Waals surface area contributed by atoms with Crippen LogP contribution in [0, 0.1) is 0 Å². The fourth-order valence-corrected chi connectivity index (χ4v) is 1.56. The first kappa shape index (κ1) is 16.2. The van der Waals surface area contributed by atoms with Gasteiger partial charge in [0.15, 0.2) is 5.16 Å². The molecule has 0 aliphatic rings. The first-order chi connectivity index (χ1) is 8.54. The fourth-order valence-electron chi connectivity index (χ4n) is 0.969. The van der Waals surface area contributed by atoms with Crippen LogP contribution in [-0.4, -0.2) is 34.7 Å². The number of aromatic nitrogens is 2. The van der Waals surface area contributed by atoms with Crippen LogP contribution in [0.2, 0.25) is 5.15 Å². The lowest BCUT2D eigenvalue weighted by molar-refractivity contribution is -0.300. The third-order valence-electron chi connectivity index (χ3n) is 1.67. The number of hydrogen-bond acceptors (Lipinski definition) is 4. The average Bonchev–Trinajstić information content (AvgIpc) is 2.22. The molecule has 1 rings (SSSR count). The molecule has 0 N–H and O–H groups in total. The van der Waals surface area contributed by atoms with E-state index in [2.05, 4.69) is 14.7 Å². The molecule has 0 aromatic carbocycles. The average molecular weight is 327 g/mol. The second kappa shape index (κ2) is 5.61. The molecule has 1 heterocycles. The smallest absolute Gasteiger partial charge is 0.434 e. The Kier molecular flexibility index (Phi) is 4.77. The predicted octanol–water partition coefficient (Wildman–Crippen LogP) is 3.72. The van der Waals surface area contributed by atoms with Gasteiger partial charge in [-0.2, -0.15) is 31.3 Å². The van der Waals surface area contributed by atoms with E-state index in [0.29, 0.717) is 6.07 Å².